The zero-order valence-corrected chi connectivity index (χ0v) is 36.9. The third kappa shape index (κ3) is 11.1. The first-order valence-electron chi connectivity index (χ1n) is 21.6. The molecule has 352 valence electrons. The molecule has 3 aromatic carbocycles. The number of carbonyl (C=O) groups excluding carboxylic acids is 5. The third-order valence-electron chi connectivity index (χ3n) is 11.7. The second-order valence-corrected chi connectivity index (χ2v) is 16.9. The van der Waals surface area contributed by atoms with E-state index in [1.165, 1.54) is 18.2 Å². The number of fused-ring (bicyclic) bond motifs is 1. The summed E-state index contributed by atoms with van der Waals surface area (Å²) in [4.78, 5) is 75.5. The molecule has 5 aromatic rings. The Morgan fingerprint density at radius 1 is 0.851 bits per heavy atom. The van der Waals surface area contributed by atoms with Crippen molar-refractivity contribution in [3.63, 3.8) is 0 Å². The van der Waals surface area contributed by atoms with E-state index in [-0.39, 0.29) is 66.5 Å². The Hall–Kier alpha value is -6.39. The number of likely N-dealkylation sites (tertiary alicyclic amines) is 1. The summed E-state index contributed by atoms with van der Waals surface area (Å²) in [7, 11) is 0. The standard InChI is InChI=1S/C46H46F3N7O10S/c47-46(48,49)43-53-38(54-66-43)30-8-4-9-31(26-30)39(58)50-28-45(44-51-33(27-67-44)29-6-2-1-3-7-29)14-16-55(17-15-45)18-19-62-20-21-63-22-23-64-24-25-65-35-11-5-10-32-37(35)42(61)56(41(32)60)34-12-13-36(57)52-40(34)59/h1-11,26-27,34H,12-25,28H2,(H,50,58)(H,52,57,59). The molecule has 21 heteroatoms. The van der Waals surface area contributed by atoms with Gasteiger partial charge in [0.05, 0.1) is 56.5 Å². The Morgan fingerprint density at radius 3 is 2.27 bits per heavy atom. The fraction of sp³-hybridized carbons (Fsp3) is 0.391. The van der Waals surface area contributed by atoms with Crippen molar-refractivity contribution in [2.24, 2.45) is 0 Å². The number of thiazole rings is 1. The first-order valence-corrected chi connectivity index (χ1v) is 22.5. The molecule has 0 bridgehead atoms. The number of piperidine rings is 2. The highest BCUT2D eigenvalue weighted by atomic mass is 32.1. The van der Waals surface area contributed by atoms with Gasteiger partial charge in [-0.25, -0.2) is 4.98 Å². The fourth-order valence-corrected chi connectivity index (χ4v) is 9.18. The van der Waals surface area contributed by atoms with E-state index in [4.69, 9.17) is 23.9 Å². The van der Waals surface area contributed by atoms with E-state index in [1.54, 1.807) is 35.6 Å². The van der Waals surface area contributed by atoms with Gasteiger partial charge in [0.15, 0.2) is 0 Å². The molecule has 0 saturated carbocycles. The van der Waals surface area contributed by atoms with Gasteiger partial charge in [-0.2, -0.15) is 18.2 Å². The van der Waals surface area contributed by atoms with Crippen molar-refractivity contribution < 1.29 is 60.6 Å². The highest BCUT2D eigenvalue weighted by Gasteiger charge is 2.46. The Labute approximate surface area is 385 Å². The molecule has 2 fully saturated rings. The molecule has 2 saturated heterocycles. The van der Waals surface area contributed by atoms with E-state index in [0.29, 0.717) is 52.4 Å². The van der Waals surface area contributed by atoms with Crippen molar-refractivity contribution in [1.82, 2.24) is 35.6 Å². The largest absolute Gasteiger partial charge is 0.490 e. The summed E-state index contributed by atoms with van der Waals surface area (Å²) in [6.45, 7) is 4.57. The van der Waals surface area contributed by atoms with E-state index < -0.39 is 53.1 Å². The second-order valence-electron chi connectivity index (χ2n) is 16.0. The number of hydrogen-bond acceptors (Lipinski definition) is 15. The van der Waals surface area contributed by atoms with Crippen LogP contribution in [0.4, 0.5) is 13.2 Å². The van der Waals surface area contributed by atoms with Crippen LogP contribution >= 0.6 is 11.3 Å². The summed E-state index contributed by atoms with van der Waals surface area (Å²) in [6, 6.07) is 19.5. The van der Waals surface area contributed by atoms with Crippen molar-refractivity contribution in [1.29, 1.82) is 0 Å². The quantitative estimate of drug-likeness (QED) is 0.0764. The van der Waals surface area contributed by atoms with Crippen molar-refractivity contribution in [2.45, 2.75) is 43.3 Å². The smallest absolute Gasteiger partial charge is 0.471 e. The Morgan fingerprint density at radius 2 is 1.55 bits per heavy atom. The summed E-state index contributed by atoms with van der Waals surface area (Å²) < 4.78 is 66.5. The molecular formula is C46H46F3N7O10S. The zero-order chi connectivity index (χ0) is 47.0. The minimum Gasteiger partial charge on any atom is -0.490 e. The first kappa shape index (κ1) is 47.1. The van der Waals surface area contributed by atoms with Crippen LogP contribution in [0.25, 0.3) is 22.6 Å². The molecule has 1 atom stereocenters. The van der Waals surface area contributed by atoms with Crippen LogP contribution in [0.1, 0.15) is 67.7 Å². The van der Waals surface area contributed by atoms with E-state index in [1.807, 2.05) is 35.7 Å². The fourth-order valence-electron chi connectivity index (χ4n) is 8.09. The molecule has 0 aliphatic carbocycles. The number of rotatable bonds is 20. The van der Waals surface area contributed by atoms with Gasteiger partial charge in [0, 0.05) is 47.0 Å². The molecule has 0 radical (unpaired) electrons. The number of aromatic nitrogens is 3. The molecule has 3 aliphatic rings. The Kier molecular flexibility index (Phi) is 14.8. The van der Waals surface area contributed by atoms with E-state index in [2.05, 4.69) is 30.2 Å². The van der Waals surface area contributed by atoms with Gasteiger partial charge < -0.3 is 33.7 Å². The summed E-state index contributed by atoms with van der Waals surface area (Å²) in [5.74, 6) is -4.32. The number of imide groups is 2. The van der Waals surface area contributed by atoms with Gasteiger partial charge in [0.2, 0.25) is 17.6 Å². The number of ether oxygens (including phenoxy) is 4. The van der Waals surface area contributed by atoms with Gasteiger partial charge in [-0.15, -0.1) is 11.3 Å². The second kappa shape index (κ2) is 21.1. The number of halogens is 3. The highest BCUT2D eigenvalue weighted by Crippen LogP contribution is 2.39. The van der Waals surface area contributed by atoms with Gasteiger partial charge in [0.1, 0.15) is 23.4 Å². The van der Waals surface area contributed by atoms with Crippen molar-refractivity contribution >= 4 is 40.9 Å². The van der Waals surface area contributed by atoms with Gasteiger partial charge in [-0.1, -0.05) is 53.7 Å². The minimum absolute atomic E-state index is 0.0281. The SMILES string of the molecule is O=C1CCC(N2C(=O)c3cccc(OCCOCCOCCOCCN4CCC(CNC(=O)c5cccc(-c6noc(C(F)(F)F)n6)c5)(c5nc(-c6ccccc6)cs5)CC4)c3C2=O)C(=O)N1. The maximum atomic E-state index is 13.5. The lowest BCUT2D eigenvalue weighted by atomic mass is 9.78. The maximum Gasteiger partial charge on any atom is 0.471 e. The van der Waals surface area contributed by atoms with Gasteiger partial charge in [0.25, 0.3) is 17.7 Å². The predicted octanol–water partition coefficient (Wildman–Crippen LogP) is 5.17. The topological polar surface area (TPSA) is 205 Å². The molecular weight excluding hydrogens is 900 g/mol. The monoisotopic (exact) mass is 945 g/mol. The molecule has 2 aromatic heterocycles. The summed E-state index contributed by atoms with van der Waals surface area (Å²) in [6.07, 6.45) is -3.28. The van der Waals surface area contributed by atoms with Crippen molar-refractivity contribution in [2.75, 3.05) is 72.4 Å². The van der Waals surface area contributed by atoms with Crippen LogP contribution in [-0.2, 0) is 35.4 Å². The van der Waals surface area contributed by atoms with Gasteiger partial charge >= 0.3 is 12.1 Å². The van der Waals surface area contributed by atoms with Crippen molar-refractivity contribution in [3.8, 4) is 28.4 Å². The average Bonchev–Trinajstić information content (AvgIpc) is 4.10. The number of carbonyl (C=O) groups is 5. The molecule has 5 amide bonds. The molecule has 17 nitrogen and oxygen atoms in total. The average molecular weight is 946 g/mol. The van der Waals surface area contributed by atoms with Crippen LogP contribution < -0.4 is 15.4 Å². The van der Waals surface area contributed by atoms with Crippen molar-refractivity contribution in [3.05, 3.63) is 106 Å². The first-order chi connectivity index (χ1) is 32.4. The number of alkyl halides is 3. The zero-order valence-electron chi connectivity index (χ0n) is 36.1. The highest BCUT2D eigenvalue weighted by molar-refractivity contribution is 7.10. The number of nitrogens with zero attached hydrogens (tertiary/aromatic N) is 5. The van der Waals surface area contributed by atoms with Crippen LogP contribution in [-0.4, -0.2) is 133 Å². The van der Waals surface area contributed by atoms with Crippen LogP contribution in [0.2, 0.25) is 0 Å². The van der Waals surface area contributed by atoms with Crippen LogP contribution in [0, 0.1) is 0 Å². The molecule has 2 N–H and O–H groups in total. The number of benzene rings is 3. The van der Waals surface area contributed by atoms with Crippen LogP contribution in [0.5, 0.6) is 5.75 Å². The van der Waals surface area contributed by atoms with E-state index >= 15 is 0 Å². The lowest BCUT2D eigenvalue weighted by Crippen LogP contribution is -2.54. The van der Waals surface area contributed by atoms with Gasteiger partial charge in [-0.05, 0) is 56.6 Å². The van der Waals surface area contributed by atoms with Crippen LogP contribution in [0.15, 0.2) is 82.7 Å². The number of amides is 5. The predicted molar refractivity (Wildman–Crippen MR) is 233 cm³/mol. The molecule has 5 heterocycles. The normalized spacial score (nSPS) is 17.4. The number of nitrogens with one attached hydrogen (secondary N) is 2. The molecule has 3 aliphatic heterocycles. The maximum absolute atomic E-state index is 13.5. The Balaban J connectivity index is 0.746. The Bertz CT molecular complexity index is 2580. The minimum atomic E-state index is -4.79. The molecule has 67 heavy (non-hydrogen) atoms. The number of hydrogen-bond donors (Lipinski definition) is 2. The molecule has 8 rings (SSSR count). The lowest BCUT2D eigenvalue weighted by Gasteiger charge is -2.40. The molecule has 1 unspecified atom stereocenters. The summed E-state index contributed by atoms with van der Waals surface area (Å²) in [5, 5.41) is 11.6. The van der Waals surface area contributed by atoms with E-state index in [0.717, 1.165) is 34.3 Å². The summed E-state index contributed by atoms with van der Waals surface area (Å²) in [5.41, 5.74) is 2.03. The van der Waals surface area contributed by atoms with Gasteiger partial charge in [-0.3, -0.25) is 34.2 Å². The summed E-state index contributed by atoms with van der Waals surface area (Å²) >= 11 is 1.55. The third-order valence-corrected chi connectivity index (χ3v) is 12.8. The molecule has 0 spiro atoms. The van der Waals surface area contributed by atoms with E-state index in [9.17, 15) is 37.1 Å². The lowest BCUT2D eigenvalue weighted by molar-refractivity contribution is -0.159. The van der Waals surface area contributed by atoms with Crippen LogP contribution in [0.3, 0.4) is 0 Å².